The van der Waals surface area contributed by atoms with Crippen LogP contribution >= 0.6 is 0 Å². The van der Waals surface area contributed by atoms with Gasteiger partial charge in [0.1, 0.15) is 0 Å². The molecule has 1 aromatic carbocycles. The summed E-state index contributed by atoms with van der Waals surface area (Å²) in [6.07, 6.45) is 7.89. The average Bonchev–Trinajstić information content (AvgIpc) is 2.51. The predicted octanol–water partition coefficient (Wildman–Crippen LogP) is 5.12. The molecule has 2 rings (SSSR count). The summed E-state index contributed by atoms with van der Waals surface area (Å²) in [6.45, 7) is 8.09. The Kier molecular flexibility index (Phi) is 6.09. The molecule has 0 saturated heterocycles. The van der Waals surface area contributed by atoms with Gasteiger partial charge in [-0.3, -0.25) is 0 Å². The van der Waals surface area contributed by atoms with E-state index >= 15 is 0 Å². The van der Waals surface area contributed by atoms with Gasteiger partial charge in [0.15, 0.2) is 0 Å². The summed E-state index contributed by atoms with van der Waals surface area (Å²) in [7, 11) is 0. The largest absolute Gasteiger partial charge is 0.310 e. The maximum absolute atomic E-state index is 3.83. The molecule has 0 fully saturated rings. The summed E-state index contributed by atoms with van der Waals surface area (Å²) in [5.41, 5.74) is 3.14. The van der Waals surface area contributed by atoms with E-state index in [9.17, 15) is 0 Å². The average molecular weight is 273 g/mol. The van der Waals surface area contributed by atoms with Crippen LogP contribution in [-0.4, -0.2) is 6.54 Å². The van der Waals surface area contributed by atoms with Gasteiger partial charge in [-0.15, -0.1) is 0 Å². The van der Waals surface area contributed by atoms with E-state index in [0.29, 0.717) is 6.04 Å². The van der Waals surface area contributed by atoms with Gasteiger partial charge in [0.05, 0.1) is 0 Å². The van der Waals surface area contributed by atoms with Gasteiger partial charge in [0, 0.05) is 6.04 Å². The Hall–Kier alpha value is -0.820. The van der Waals surface area contributed by atoms with Crippen LogP contribution in [0.5, 0.6) is 0 Å². The minimum absolute atomic E-state index is 0.584. The van der Waals surface area contributed by atoms with Crippen LogP contribution in [0.2, 0.25) is 0 Å². The van der Waals surface area contributed by atoms with Crippen molar-refractivity contribution in [2.45, 2.75) is 65.3 Å². The first-order chi connectivity index (χ1) is 9.80. The van der Waals surface area contributed by atoms with E-state index in [1.54, 1.807) is 11.1 Å². The Balaban J connectivity index is 2.15. The molecule has 0 amide bonds. The second kappa shape index (κ2) is 7.83. The van der Waals surface area contributed by atoms with Gasteiger partial charge in [0.2, 0.25) is 0 Å². The molecule has 112 valence electrons. The Morgan fingerprint density at radius 3 is 2.60 bits per heavy atom. The van der Waals surface area contributed by atoms with Gasteiger partial charge in [-0.05, 0) is 55.2 Å². The van der Waals surface area contributed by atoms with Crippen LogP contribution in [0.4, 0.5) is 0 Å². The second-order valence-electron chi connectivity index (χ2n) is 6.35. The van der Waals surface area contributed by atoms with Gasteiger partial charge in [-0.1, -0.05) is 57.9 Å². The zero-order chi connectivity index (χ0) is 14.4. The molecule has 1 nitrogen and oxygen atoms in total. The van der Waals surface area contributed by atoms with E-state index in [4.69, 9.17) is 0 Å². The highest BCUT2D eigenvalue weighted by Gasteiger charge is 2.29. The first kappa shape index (κ1) is 15.6. The van der Waals surface area contributed by atoms with Crippen molar-refractivity contribution in [2.75, 3.05) is 6.54 Å². The molecule has 1 heteroatoms. The Bertz CT molecular complexity index is 395. The van der Waals surface area contributed by atoms with Gasteiger partial charge in [-0.2, -0.15) is 0 Å². The summed E-state index contributed by atoms with van der Waals surface area (Å²) in [5, 5.41) is 3.83. The Morgan fingerprint density at radius 1 is 1.15 bits per heavy atom. The van der Waals surface area contributed by atoms with Crippen LogP contribution in [0.1, 0.15) is 70.0 Å². The number of hydrogen-bond donors (Lipinski definition) is 1. The SMILES string of the molecule is CCCNC1c2ccccc2CCC1CC(CC)CC. The first-order valence-corrected chi connectivity index (χ1v) is 8.61. The van der Waals surface area contributed by atoms with Crippen molar-refractivity contribution in [2.24, 2.45) is 11.8 Å². The molecule has 0 heterocycles. The van der Waals surface area contributed by atoms with Crippen LogP contribution in [-0.2, 0) is 6.42 Å². The third-order valence-corrected chi connectivity index (χ3v) is 5.05. The fourth-order valence-electron chi connectivity index (χ4n) is 3.71. The smallest absolute Gasteiger partial charge is 0.0351 e. The number of fused-ring (bicyclic) bond motifs is 1. The Labute approximate surface area is 125 Å². The molecule has 2 unspecified atom stereocenters. The van der Waals surface area contributed by atoms with Crippen molar-refractivity contribution >= 4 is 0 Å². The monoisotopic (exact) mass is 273 g/mol. The lowest BCUT2D eigenvalue weighted by Gasteiger charge is -2.36. The fraction of sp³-hybridized carbons (Fsp3) is 0.684. The van der Waals surface area contributed by atoms with E-state index in [2.05, 4.69) is 50.4 Å². The molecule has 1 aliphatic carbocycles. The van der Waals surface area contributed by atoms with Gasteiger partial charge >= 0.3 is 0 Å². The zero-order valence-electron chi connectivity index (χ0n) is 13.5. The molecule has 0 radical (unpaired) electrons. The first-order valence-electron chi connectivity index (χ1n) is 8.61. The third-order valence-electron chi connectivity index (χ3n) is 5.05. The normalized spacial score (nSPS) is 22.0. The summed E-state index contributed by atoms with van der Waals surface area (Å²) in [4.78, 5) is 0. The predicted molar refractivity (Wildman–Crippen MR) is 88.0 cm³/mol. The highest BCUT2D eigenvalue weighted by Crippen LogP contribution is 2.38. The summed E-state index contributed by atoms with van der Waals surface area (Å²) in [6, 6.07) is 9.65. The van der Waals surface area contributed by atoms with Crippen LogP contribution in [0.25, 0.3) is 0 Å². The van der Waals surface area contributed by atoms with Crippen molar-refractivity contribution in [1.29, 1.82) is 0 Å². The van der Waals surface area contributed by atoms with Crippen molar-refractivity contribution in [3.05, 3.63) is 35.4 Å². The van der Waals surface area contributed by atoms with Crippen LogP contribution < -0.4 is 5.32 Å². The standard InChI is InChI=1S/C19H31N/c1-4-13-20-19-17(14-15(5-2)6-3)12-11-16-9-7-8-10-18(16)19/h7-10,15,17,19-20H,4-6,11-14H2,1-3H3. The number of benzene rings is 1. The maximum atomic E-state index is 3.83. The number of aryl methyl sites for hydroxylation is 1. The van der Waals surface area contributed by atoms with Gasteiger partial charge < -0.3 is 5.32 Å². The zero-order valence-corrected chi connectivity index (χ0v) is 13.5. The molecule has 1 aromatic rings. The molecule has 20 heavy (non-hydrogen) atoms. The number of rotatable bonds is 7. The molecule has 0 aromatic heterocycles. The summed E-state index contributed by atoms with van der Waals surface area (Å²) in [5.74, 6) is 1.72. The van der Waals surface area contributed by atoms with Gasteiger partial charge in [0.25, 0.3) is 0 Å². The minimum atomic E-state index is 0.584. The van der Waals surface area contributed by atoms with Crippen LogP contribution in [0.3, 0.4) is 0 Å². The maximum Gasteiger partial charge on any atom is 0.0351 e. The lowest BCUT2D eigenvalue weighted by Crippen LogP contribution is -2.34. The van der Waals surface area contributed by atoms with E-state index in [1.807, 2.05) is 0 Å². The number of hydrogen-bond acceptors (Lipinski definition) is 1. The number of nitrogens with one attached hydrogen (secondary N) is 1. The molecular weight excluding hydrogens is 242 g/mol. The molecule has 0 saturated carbocycles. The van der Waals surface area contributed by atoms with Crippen molar-refractivity contribution in [3.63, 3.8) is 0 Å². The van der Waals surface area contributed by atoms with E-state index < -0.39 is 0 Å². The summed E-state index contributed by atoms with van der Waals surface area (Å²) >= 11 is 0. The highest BCUT2D eigenvalue weighted by molar-refractivity contribution is 5.33. The quantitative estimate of drug-likeness (QED) is 0.727. The molecule has 0 aliphatic heterocycles. The Morgan fingerprint density at radius 2 is 1.90 bits per heavy atom. The lowest BCUT2D eigenvalue weighted by molar-refractivity contribution is 0.253. The topological polar surface area (TPSA) is 12.0 Å². The van der Waals surface area contributed by atoms with Crippen molar-refractivity contribution in [1.82, 2.24) is 5.32 Å². The molecular formula is C19H31N. The molecule has 0 spiro atoms. The molecule has 2 atom stereocenters. The van der Waals surface area contributed by atoms with Crippen molar-refractivity contribution < 1.29 is 0 Å². The molecule has 1 N–H and O–H groups in total. The fourth-order valence-corrected chi connectivity index (χ4v) is 3.71. The summed E-state index contributed by atoms with van der Waals surface area (Å²) < 4.78 is 0. The molecule has 0 bridgehead atoms. The van der Waals surface area contributed by atoms with E-state index in [-0.39, 0.29) is 0 Å². The molecule has 1 aliphatic rings. The van der Waals surface area contributed by atoms with Crippen LogP contribution in [0.15, 0.2) is 24.3 Å². The van der Waals surface area contributed by atoms with Gasteiger partial charge in [-0.25, -0.2) is 0 Å². The second-order valence-corrected chi connectivity index (χ2v) is 6.35. The highest BCUT2D eigenvalue weighted by atomic mass is 14.9. The van der Waals surface area contributed by atoms with E-state index in [1.165, 1.54) is 38.5 Å². The minimum Gasteiger partial charge on any atom is -0.310 e. The van der Waals surface area contributed by atoms with Crippen LogP contribution in [0, 0.1) is 11.8 Å². The van der Waals surface area contributed by atoms with E-state index in [0.717, 1.165) is 18.4 Å². The lowest BCUT2D eigenvalue weighted by atomic mass is 9.75. The third kappa shape index (κ3) is 3.63. The van der Waals surface area contributed by atoms with Crippen molar-refractivity contribution in [3.8, 4) is 0 Å².